The molecule has 1 aliphatic heterocycles. The molecule has 0 fully saturated rings. The van der Waals surface area contributed by atoms with Crippen LogP contribution in [-0.4, -0.2) is 10.7 Å². The van der Waals surface area contributed by atoms with Gasteiger partial charge in [-0.1, -0.05) is 11.6 Å². The molecule has 0 radical (unpaired) electrons. The van der Waals surface area contributed by atoms with Gasteiger partial charge in [-0.3, -0.25) is 5.73 Å². The van der Waals surface area contributed by atoms with Crippen LogP contribution in [-0.2, 0) is 6.42 Å². The fraction of sp³-hybridized carbons (Fsp3) is 0.214. The molecule has 1 aromatic heterocycles. The van der Waals surface area contributed by atoms with Crippen LogP contribution in [0.25, 0.3) is 11.3 Å². The summed E-state index contributed by atoms with van der Waals surface area (Å²) < 4.78 is 18.5. The summed E-state index contributed by atoms with van der Waals surface area (Å²) in [6.45, 7) is 1.79. The molecule has 2 heterocycles. The molecule has 1 unspecified atom stereocenters. The number of pyridine rings is 1. The molecule has 3 rings (SSSR count). The van der Waals surface area contributed by atoms with Crippen LogP contribution in [0, 0.1) is 5.82 Å². The average Bonchev–Trinajstić information content (AvgIpc) is 2.65. The Hall–Kier alpha value is -1.65. The highest BCUT2D eigenvalue weighted by molar-refractivity contribution is 6.31. The number of ether oxygens (including phenoxy) is 1. The van der Waals surface area contributed by atoms with Gasteiger partial charge in [0.05, 0.1) is 5.69 Å². The predicted octanol–water partition coefficient (Wildman–Crippen LogP) is 3.15. The topological polar surface area (TPSA) is 48.1 Å². The van der Waals surface area contributed by atoms with E-state index in [1.807, 2.05) is 6.07 Å². The molecule has 0 saturated heterocycles. The lowest BCUT2D eigenvalue weighted by Crippen LogP contribution is -2.40. The first-order chi connectivity index (χ1) is 8.94. The third-order valence-electron chi connectivity index (χ3n) is 3.03. The molecule has 0 bridgehead atoms. The van der Waals surface area contributed by atoms with Gasteiger partial charge in [-0.2, -0.15) is 0 Å². The van der Waals surface area contributed by atoms with E-state index < -0.39 is 5.72 Å². The summed E-state index contributed by atoms with van der Waals surface area (Å²) in [6.07, 6.45) is 0.568. The molecule has 5 heteroatoms. The number of nitrogens with two attached hydrogens (primary N) is 1. The number of nitrogens with zero attached hydrogens (tertiary/aromatic N) is 1. The Bertz CT molecular complexity index is 641. The second-order valence-corrected chi connectivity index (χ2v) is 5.24. The third-order valence-corrected chi connectivity index (χ3v) is 3.28. The van der Waals surface area contributed by atoms with Crippen molar-refractivity contribution in [3.05, 3.63) is 46.9 Å². The minimum atomic E-state index is -0.755. The van der Waals surface area contributed by atoms with Crippen molar-refractivity contribution in [3.63, 3.8) is 0 Å². The van der Waals surface area contributed by atoms with Crippen LogP contribution >= 0.6 is 11.6 Å². The number of hydrogen-bond donors (Lipinski definition) is 1. The van der Waals surface area contributed by atoms with E-state index >= 15 is 0 Å². The molecule has 2 aromatic rings. The van der Waals surface area contributed by atoms with E-state index in [0.29, 0.717) is 17.9 Å². The monoisotopic (exact) mass is 278 g/mol. The fourth-order valence-electron chi connectivity index (χ4n) is 2.21. The van der Waals surface area contributed by atoms with E-state index in [1.54, 1.807) is 19.1 Å². The minimum absolute atomic E-state index is 0.283. The molecule has 98 valence electrons. The lowest BCUT2D eigenvalue weighted by molar-refractivity contribution is 0.124. The summed E-state index contributed by atoms with van der Waals surface area (Å²) in [4.78, 5) is 4.27. The number of benzene rings is 1. The number of aromatic nitrogens is 1. The van der Waals surface area contributed by atoms with E-state index in [9.17, 15) is 4.39 Å². The van der Waals surface area contributed by atoms with Crippen molar-refractivity contribution in [2.45, 2.75) is 19.1 Å². The van der Waals surface area contributed by atoms with Crippen molar-refractivity contribution in [2.24, 2.45) is 5.73 Å². The van der Waals surface area contributed by atoms with Gasteiger partial charge in [-0.15, -0.1) is 0 Å². The van der Waals surface area contributed by atoms with Gasteiger partial charge in [0.25, 0.3) is 0 Å². The molecule has 0 spiro atoms. The van der Waals surface area contributed by atoms with Crippen molar-refractivity contribution in [1.82, 2.24) is 4.98 Å². The lowest BCUT2D eigenvalue weighted by atomic mass is 10.0. The number of rotatable bonds is 1. The molecule has 1 atom stereocenters. The molecule has 0 aliphatic carbocycles. The Morgan fingerprint density at radius 1 is 1.37 bits per heavy atom. The van der Waals surface area contributed by atoms with Gasteiger partial charge in [-0.25, -0.2) is 9.37 Å². The Morgan fingerprint density at radius 2 is 2.05 bits per heavy atom. The van der Waals surface area contributed by atoms with Crippen LogP contribution in [0.3, 0.4) is 0 Å². The van der Waals surface area contributed by atoms with E-state index in [-0.39, 0.29) is 11.0 Å². The highest BCUT2D eigenvalue weighted by Gasteiger charge is 2.33. The summed E-state index contributed by atoms with van der Waals surface area (Å²) in [5.74, 6) is 0.256. The second-order valence-electron chi connectivity index (χ2n) is 4.88. The molecule has 0 saturated carbocycles. The Balaban J connectivity index is 2.07. The smallest absolute Gasteiger partial charge is 0.172 e. The predicted molar refractivity (Wildman–Crippen MR) is 71.6 cm³/mol. The molecule has 19 heavy (non-hydrogen) atoms. The normalized spacial score (nSPS) is 21.1. The van der Waals surface area contributed by atoms with Crippen LogP contribution in [0.15, 0.2) is 30.3 Å². The number of hydrogen-bond acceptors (Lipinski definition) is 3. The maximum Gasteiger partial charge on any atom is 0.172 e. The molecule has 1 aromatic carbocycles. The highest BCUT2D eigenvalue weighted by Crippen LogP contribution is 2.39. The zero-order valence-electron chi connectivity index (χ0n) is 10.3. The standard InChI is InChI=1S/C14H12ClFN2O/c1-14(17)7-9-6-11(18-13(15)12(9)19-14)8-2-4-10(16)5-3-8/h2-6H,7,17H2,1H3. The molecular weight excluding hydrogens is 267 g/mol. The second kappa shape index (κ2) is 4.18. The van der Waals surface area contributed by atoms with Crippen molar-refractivity contribution >= 4 is 11.6 Å². The summed E-state index contributed by atoms with van der Waals surface area (Å²) in [7, 11) is 0. The number of halogens is 2. The van der Waals surface area contributed by atoms with Gasteiger partial charge >= 0.3 is 0 Å². The van der Waals surface area contributed by atoms with Crippen molar-refractivity contribution in [1.29, 1.82) is 0 Å². The highest BCUT2D eigenvalue weighted by atomic mass is 35.5. The molecule has 1 aliphatic rings. The zero-order valence-corrected chi connectivity index (χ0v) is 11.0. The average molecular weight is 279 g/mol. The maximum absolute atomic E-state index is 12.9. The van der Waals surface area contributed by atoms with Crippen molar-refractivity contribution < 1.29 is 9.13 Å². The van der Waals surface area contributed by atoms with Crippen LogP contribution in [0.2, 0.25) is 5.15 Å². The zero-order chi connectivity index (χ0) is 13.6. The first kappa shape index (κ1) is 12.4. The Kier molecular flexibility index (Phi) is 2.73. The Labute approximate surface area is 115 Å². The maximum atomic E-state index is 12.9. The summed E-state index contributed by atoms with van der Waals surface area (Å²) in [5, 5.41) is 0.283. The molecule has 3 nitrogen and oxygen atoms in total. The van der Waals surface area contributed by atoms with E-state index in [0.717, 1.165) is 11.1 Å². The number of fused-ring (bicyclic) bond motifs is 1. The third kappa shape index (κ3) is 2.29. The molecule has 2 N–H and O–H groups in total. The minimum Gasteiger partial charge on any atom is -0.469 e. The van der Waals surface area contributed by atoms with Gasteiger partial charge in [-0.05, 0) is 37.3 Å². The SMILES string of the molecule is CC1(N)Cc2cc(-c3ccc(F)cc3)nc(Cl)c2O1. The van der Waals surface area contributed by atoms with Gasteiger partial charge in [0.2, 0.25) is 0 Å². The fourth-order valence-corrected chi connectivity index (χ4v) is 2.46. The summed E-state index contributed by atoms with van der Waals surface area (Å²) in [6, 6.07) is 7.99. The first-order valence-electron chi connectivity index (χ1n) is 5.88. The van der Waals surface area contributed by atoms with Gasteiger partial charge in [0, 0.05) is 17.5 Å². The largest absolute Gasteiger partial charge is 0.469 e. The van der Waals surface area contributed by atoms with Crippen LogP contribution in [0.5, 0.6) is 5.75 Å². The van der Waals surface area contributed by atoms with E-state index in [2.05, 4.69) is 4.98 Å². The van der Waals surface area contributed by atoms with Crippen LogP contribution in [0.1, 0.15) is 12.5 Å². The first-order valence-corrected chi connectivity index (χ1v) is 6.26. The molecular formula is C14H12ClFN2O. The van der Waals surface area contributed by atoms with Gasteiger partial charge in [0.1, 0.15) is 5.82 Å². The van der Waals surface area contributed by atoms with E-state index in [4.69, 9.17) is 22.1 Å². The van der Waals surface area contributed by atoms with Crippen molar-refractivity contribution in [3.8, 4) is 17.0 Å². The van der Waals surface area contributed by atoms with Crippen molar-refractivity contribution in [2.75, 3.05) is 0 Å². The van der Waals surface area contributed by atoms with Crippen LogP contribution in [0.4, 0.5) is 4.39 Å². The Morgan fingerprint density at radius 3 is 2.74 bits per heavy atom. The lowest BCUT2D eigenvalue weighted by Gasteiger charge is -2.16. The van der Waals surface area contributed by atoms with Gasteiger partial charge < -0.3 is 4.74 Å². The van der Waals surface area contributed by atoms with Gasteiger partial charge in [0.15, 0.2) is 16.6 Å². The molecule has 0 amide bonds. The van der Waals surface area contributed by atoms with Crippen LogP contribution < -0.4 is 10.5 Å². The van der Waals surface area contributed by atoms with E-state index in [1.165, 1.54) is 12.1 Å². The summed E-state index contributed by atoms with van der Waals surface area (Å²) >= 11 is 6.12. The summed E-state index contributed by atoms with van der Waals surface area (Å²) in [5.41, 5.74) is 7.60. The quantitative estimate of drug-likeness (QED) is 0.815.